The van der Waals surface area contributed by atoms with E-state index < -0.39 is 0 Å². The van der Waals surface area contributed by atoms with Crippen molar-refractivity contribution in [2.24, 2.45) is 0 Å². The zero-order chi connectivity index (χ0) is 16.8. The zero-order valence-corrected chi connectivity index (χ0v) is 14.6. The number of carbonyl (C=O) groups excluding carboxylic acids is 1. The normalized spacial score (nSPS) is 18.8. The Kier molecular flexibility index (Phi) is 5.86. The highest BCUT2D eigenvalue weighted by Crippen LogP contribution is 2.17. The van der Waals surface area contributed by atoms with Crippen molar-refractivity contribution in [2.75, 3.05) is 19.6 Å². The van der Waals surface area contributed by atoms with Crippen LogP contribution < -0.4 is 5.32 Å². The quantitative estimate of drug-likeness (QED) is 0.768. The summed E-state index contributed by atoms with van der Waals surface area (Å²) in [5.41, 5.74) is 2.09. The van der Waals surface area contributed by atoms with Crippen LogP contribution in [0.25, 0.3) is 11.0 Å². The summed E-state index contributed by atoms with van der Waals surface area (Å²) < 4.78 is 0. The Hall–Kier alpha value is -1.88. The number of likely N-dealkylation sites (tertiary alicyclic amines) is 1. The molecule has 1 saturated heterocycles. The lowest BCUT2D eigenvalue weighted by molar-refractivity contribution is -0.127. The van der Waals surface area contributed by atoms with Crippen molar-refractivity contribution in [3.63, 3.8) is 0 Å². The van der Waals surface area contributed by atoms with E-state index in [1.807, 2.05) is 24.3 Å². The van der Waals surface area contributed by atoms with Gasteiger partial charge in [-0.05, 0) is 50.9 Å². The van der Waals surface area contributed by atoms with Gasteiger partial charge in [0.05, 0.1) is 17.1 Å². The van der Waals surface area contributed by atoms with Gasteiger partial charge in [-0.3, -0.25) is 9.69 Å². The minimum absolute atomic E-state index is 0.0740. The number of aryl methyl sites for hydroxylation is 1. The van der Waals surface area contributed by atoms with Crippen molar-refractivity contribution in [1.29, 1.82) is 0 Å². The lowest BCUT2D eigenvalue weighted by atomic mass is 10.0. The fourth-order valence-corrected chi connectivity index (χ4v) is 3.55. The number of hydrogen-bond acceptors (Lipinski definition) is 3. The molecule has 1 unspecified atom stereocenters. The molecule has 0 saturated carbocycles. The van der Waals surface area contributed by atoms with Crippen LogP contribution in [0.1, 0.15) is 44.9 Å². The van der Waals surface area contributed by atoms with E-state index in [1.165, 1.54) is 6.42 Å². The molecular weight excluding hydrogens is 300 g/mol. The van der Waals surface area contributed by atoms with Gasteiger partial charge in [0.15, 0.2) is 0 Å². The van der Waals surface area contributed by atoms with Gasteiger partial charge in [0, 0.05) is 13.0 Å². The van der Waals surface area contributed by atoms with Gasteiger partial charge in [-0.15, -0.1) is 0 Å². The van der Waals surface area contributed by atoms with Crippen molar-refractivity contribution < 1.29 is 4.79 Å². The molecule has 130 valence electrons. The topological polar surface area (TPSA) is 61.0 Å². The summed E-state index contributed by atoms with van der Waals surface area (Å²) in [7, 11) is 0. The van der Waals surface area contributed by atoms with Crippen LogP contribution in [0.4, 0.5) is 0 Å². The molecule has 1 aromatic carbocycles. The van der Waals surface area contributed by atoms with Crippen LogP contribution >= 0.6 is 0 Å². The summed E-state index contributed by atoms with van der Waals surface area (Å²) in [4.78, 5) is 22.7. The molecule has 1 atom stereocenters. The first-order chi connectivity index (χ1) is 11.8. The average Bonchev–Trinajstić information content (AvgIpc) is 3.02. The SMILES string of the molecule is CCCN1CCCCC1C(=O)NCCCc1nc2ccccc2[nH]1. The van der Waals surface area contributed by atoms with Crippen molar-refractivity contribution in [1.82, 2.24) is 20.2 Å². The minimum atomic E-state index is 0.0740. The first kappa shape index (κ1) is 17.0. The Labute approximate surface area is 143 Å². The third-order valence-corrected chi connectivity index (χ3v) is 4.76. The molecule has 1 aliphatic heterocycles. The van der Waals surface area contributed by atoms with Crippen LogP contribution in [0.2, 0.25) is 0 Å². The second kappa shape index (κ2) is 8.29. The van der Waals surface area contributed by atoms with Crippen molar-refractivity contribution in [2.45, 2.75) is 51.5 Å². The van der Waals surface area contributed by atoms with Gasteiger partial charge in [-0.2, -0.15) is 0 Å². The molecule has 1 amide bonds. The minimum Gasteiger partial charge on any atom is -0.355 e. The number of para-hydroxylation sites is 2. The molecule has 0 bridgehead atoms. The van der Waals surface area contributed by atoms with Crippen molar-refractivity contribution >= 4 is 16.9 Å². The molecule has 1 aliphatic rings. The molecule has 1 fully saturated rings. The third kappa shape index (κ3) is 4.15. The monoisotopic (exact) mass is 328 g/mol. The number of benzene rings is 1. The number of imidazole rings is 1. The Morgan fingerprint density at radius 3 is 3.08 bits per heavy atom. The number of aromatic nitrogens is 2. The maximum absolute atomic E-state index is 12.5. The van der Waals surface area contributed by atoms with Crippen LogP contribution in [0, 0.1) is 0 Å². The van der Waals surface area contributed by atoms with Gasteiger partial charge < -0.3 is 10.3 Å². The van der Waals surface area contributed by atoms with Crippen molar-refractivity contribution in [3.05, 3.63) is 30.1 Å². The summed E-state index contributed by atoms with van der Waals surface area (Å²) in [5.74, 6) is 1.20. The lowest BCUT2D eigenvalue weighted by Gasteiger charge is -2.34. The number of aromatic amines is 1. The van der Waals surface area contributed by atoms with Crippen LogP contribution in [0.3, 0.4) is 0 Å². The highest BCUT2D eigenvalue weighted by molar-refractivity contribution is 5.81. The second-order valence-electron chi connectivity index (χ2n) is 6.64. The van der Waals surface area contributed by atoms with E-state index >= 15 is 0 Å². The van der Waals surface area contributed by atoms with Gasteiger partial charge in [0.2, 0.25) is 5.91 Å². The predicted octanol–water partition coefficient (Wildman–Crippen LogP) is 2.88. The highest BCUT2D eigenvalue weighted by Gasteiger charge is 2.27. The Morgan fingerprint density at radius 1 is 1.38 bits per heavy atom. The van der Waals surface area contributed by atoms with E-state index in [2.05, 4.69) is 27.1 Å². The standard InChI is InChI=1S/C19H28N4O/c1-2-13-23-14-6-5-10-17(23)19(24)20-12-7-11-18-21-15-8-3-4-9-16(15)22-18/h3-4,8-9,17H,2,5-7,10-14H2,1H3,(H,20,24)(H,21,22). The number of hydrogen-bond donors (Lipinski definition) is 2. The fraction of sp³-hybridized carbons (Fsp3) is 0.579. The Balaban J connectivity index is 1.44. The Bertz CT molecular complexity index is 631. The molecule has 0 radical (unpaired) electrons. The second-order valence-corrected chi connectivity index (χ2v) is 6.64. The molecule has 0 spiro atoms. The summed E-state index contributed by atoms with van der Waals surface area (Å²) in [6, 6.07) is 8.14. The van der Waals surface area contributed by atoms with E-state index in [1.54, 1.807) is 0 Å². The van der Waals surface area contributed by atoms with Crippen LogP contribution in [-0.2, 0) is 11.2 Å². The smallest absolute Gasteiger partial charge is 0.237 e. The molecule has 5 nitrogen and oxygen atoms in total. The molecule has 5 heteroatoms. The lowest BCUT2D eigenvalue weighted by Crippen LogP contribution is -2.49. The molecule has 24 heavy (non-hydrogen) atoms. The van der Waals surface area contributed by atoms with E-state index in [0.717, 1.165) is 62.1 Å². The molecule has 2 aromatic rings. The number of H-pyrrole nitrogens is 1. The number of nitrogens with zero attached hydrogens (tertiary/aromatic N) is 2. The number of amides is 1. The number of nitrogens with one attached hydrogen (secondary N) is 2. The summed E-state index contributed by atoms with van der Waals surface area (Å²) >= 11 is 0. The van der Waals surface area contributed by atoms with Gasteiger partial charge in [-0.25, -0.2) is 4.98 Å². The third-order valence-electron chi connectivity index (χ3n) is 4.76. The fourth-order valence-electron chi connectivity index (χ4n) is 3.55. The molecule has 3 rings (SSSR count). The van der Waals surface area contributed by atoms with Gasteiger partial charge in [0.1, 0.15) is 5.82 Å². The molecule has 0 aliphatic carbocycles. The number of rotatable bonds is 7. The van der Waals surface area contributed by atoms with Crippen LogP contribution in [0.15, 0.2) is 24.3 Å². The van der Waals surface area contributed by atoms with E-state index in [-0.39, 0.29) is 11.9 Å². The van der Waals surface area contributed by atoms with Gasteiger partial charge >= 0.3 is 0 Å². The van der Waals surface area contributed by atoms with E-state index in [9.17, 15) is 4.79 Å². The van der Waals surface area contributed by atoms with E-state index in [0.29, 0.717) is 6.54 Å². The number of piperidine rings is 1. The summed E-state index contributed by atoms with van der Waals surface area (Å²) in [6.45, 7) is 4.98. The zero-order valence-electron chi connectivity index (χ0n) is 14.6. The average molecular weight is 328 g/mol. The summed E-state index contributed by atoms with van der Waals surface area (Å²) in [5, 5.41) is 3.12. The summed E-state index contributed by atoms with van der Waals surface area (Å²) in [6.07, 6.45) is 6.25. The molecular formula is C19H28N4O. The van der Waals surface area contributed by atoms with Gasteiger partial charge in [0.25, 0.3) is 0 Å². The van der Waals surface area contributed by atoms with Crippen LogP contribution in [0.5, 0.6) is 0 Å². The Morgan fingerprint density at radius 2 is 2.25 bits per heavy atom. The molecule has 2 heterocycles. The molecule has 2 N–H and O–H groups in total. The molecule has 1 aromatic heterocycles. The first-order valence-corrected chi connectivity index (χ1v) is 9.23. The maximum Gasteiger partial charge on any atom is 0.237 e. The van der Waals surface area contributed by atoms with Crippen LogP contribution in [-0.4, -0.2) is 46.5 Å². The van der Waals surface area contributed by atoms with Gasteiger partial charge in [-0.1, -0.05) is 25.5 Å². The highest BCUT2D eigenvalue weighted by atomic mass is 16.2. The number of fused-ring (bicyclic) bond motifs is 1. The predicted molar refractivity (Wildman–Crippen MR) is 96.9 cm³/mol. The van der Waals surface area contributed by atoms with E-state index in [4.69, 9.17) is 0 Å². The first-order valence-electron chi connectivity index (χ1n) is 9.23. The maximum atomic E-state index is 12.5. The number of carbonyl (C=O) groups is 1. The largest absolute Gasteiger partial charge is 0.355 e. The van der Waals surface area contributed by atoms with Crippen molar-refractivity contribution in [3.8, 4) is 0 Å².